The summed E-state index contributed by atoms with van der Waals surface area (Å²) in [5.41, 5.74) is 0. The maximum atomic E-state index is 11.7. The molecular weight excluding hydrogens is 648 g/mol. The average Bonchev–Trinajstić information content (AvgIpc) is 3.05. The number of methoxy groups -OCH3 is 2. The van der Waals surface area contributed by atoms with Crippen molar-refractivity contribution in [2.24, 2.45) is 0 Å². The fourth-order valence-electron chi connectivity index (χ4n) is 3.70. The van der Waals surface area contributed by atoms with Gasteiger partial charge >= 0.3 is 24.2 Å². The third-order valence-electron chi connectivity index (χ3n) is 6.40. The van der Waals surface area contributed by atoms with Crippen LogP contribution < -0.4 is 0 Å². The second kappa shape index (κ2) is 33.7. The van der Waals surface area contributed by atoms with Crippen LogP contribution in [0.5, 0.6) is 0 Å². The molecule has 0 heterocycles. The highest BCUT2D eigenvalue weighted by atomic mass is 16.7. The maximum absolute atomic E-state index is 11.7. The molecule has 0 saturated carbocycles. The van der Waals surface area contributed by atoms with E-state index in [-0.39, 0.29) is 114 Å². The van der Waals surface area contributed by atoms with Crippen LogP contribution in [0.3, 0.4) is 0 Å². The highest BCUT2D eigenvalue weighted by Crippen LogP contribution is 2.09. The lowest BCUT2D eigenvalue weighted by molar-refractivity contribution is -0.142. The zero-order valence-corrected chi connectivity index (χ0v) is 28.8. The Balaban J connectivity index is -0.000000858. The number of Topliss-reactive ketones (excluding diaryl/α,β-unsaturated/α-hetero) is 5. The molecule has 0 N–H and O–H groups in total. The zero-order valence-electron chi connectivity index (χ0n) is 28.8. The Kier molecular flexibility index (Phi) is 33.9. The molecule has 49 heavy (non-hydrogen) atoms. The topological polar surface area (TPSA) is 209 Å². The molecule has 15 nitrogen and oxygen atoms in total. The second-order valence-electron chi connectivity index (χ2n) is 10.3. The van der Waals surface area contributed by atoms with Crippen LogP contribution in [0.15, 0.2) is 0 Å². The van der Waals surface area contributed by atoms with Crippen LogP contribution in [0.1, 0.15) is 124 Å². The summed E-state index contributed by atoms with van der Waals surface area (Å²) in [6.07, 6.45) is 3.08. The van der Waals surface area contributed by atoms with E-state index in [1.807, 2.05) is 0 Å². The van der Waals surface area contributed by atoms with Crippen molar-refractivity contribution in [1.82, 2.24) is 0 Å². The molecule has 0 atom stereocenters. The van der Waals surface area contributed by atoms with Crippen molar-refractivity contribution in [3.8, 4) is 0 Å². The molecule has 0 aliphatic heterocycles. The van der Waals surface area contributed by atoms with Gasteiger partial charge in [-0.15, -0.1) is 0 Å². The third-order valence-corrected chi connectivity index (χ3v) is 6.40. The van der Waals surface area contributed by atoms with Gasteiger partial charge in [0.25, 0.3) is 0 Å². The van der Waals surface area contributed by atoms with E-state index in [1.54, 1.807) is 13.8 Å². The summed E-state index contributed by atoms with van der Waals surface area (Å²) in [5, 5.41) is 0. The second-order valence-corrected chi connectivity index (χ2v) is 10.3. The molecule has 0 amide bonds. The molecule has 0 aromatic rings. The van der Waals surface area contributed by atoms with Crippen molar-refractivity contribution in [2.45, 2.75) is 124 Å². The van der Waals surface area contributed by atoms with Gasteiger partial charge in [-0.2, -0.15) is 0 Å². The van der Waals surface area contributed by atoms with Crippen molar-refractivity contribution >= 4 is 53.2 Å². The SMILES string of the molecule is C.CCOC(=O)OCCC(=O)CCC(=O)CCCCC(=O)CCC(=O)OC.CCOC(=O)OCCC(=O)CCCCC(=O)CCC(=O)OC. The number of ketones is 5. The number of hydrogen-bond acceptors (Lipinski definition) is 15. The molecule has 0 aromatic heterocycles. The largest absolute Gasteiger partial charge is 0.508 e. The highest BCUT2D eigenvalue weighted by Gasteiger charge is 2.12. The van der Waals surface area contributed by atoms with E-state index in [2.05, 4.69) is 28.4 Å². The summed E-state index contributed by atoms with van der Waals surface area (Å²) in [6.45, 7) is 3.71. The lowest BCUT2D eigenvalue weighted by atomic mass is 10.0. The van der Waals surface area contributed by atoms with E-state index in [0.29, 0.717) is 51.4 Å². The van der Waals surface area contributed by atoms with Gasteiger partial charge in [-0.25, -0.2) is 9.59 Å². The van der Waals surface area contributed by atoms with Crippen LogP contribution >= 0.6 is 0 Å². The Bertz CT molecular complexity index is 1020. The van der Waals surface area contributed by atoms with Gasteiger partial charge in [-0.3, -0.25) is 33.6 Å². The van der Waals surface area contributed by atoms with Gasteiger partial charge in [0.15, 0.2) is 0 Å². The lowest BCUT2D eigenvalue weighted by Gasteiger charge is -2.04. The van der Waals surface area contributed by atoms with Gasteiger partial charge < -0.3 is 28.4 Å². The fourth-order valence-corrected chi connectivity index (χ4v) is 3.70. The minimum absolute atomic E-state index is 0. The number of hydrogen-bond donors (Lipinski definition) is 0. The minimum Gasteiger partial charge on any atom is -0.469 e. The van der Waals surface area contributed by atoms with Gasteiger partial charge in [0.1, 0.15) is 42.1 Å². The van der Waals surface area contributed by atoms with Gasteiger partial charge in [0.2, 0.25) is 0 Å². The summed E-state index contributed by atoms with van der Waals surface area (Å²) >= 11 is 0. The summed E-state index contributed by atoms with van der Waals surface area (Å²) in [4.78, 5) is 101. The Labute approximate surface area is 289 Å². The van der Waals surface area contributed by atoms with Crippen molar-refractivity contribution < 1.29 is 71.6 Å². The number of carbonyl (C=O) groups excluding carboxylic acids is 9. The van der Waals surface area contributed by atoms with Crippen molar-refractivity contribution in [2.75, 3.05) is 40.6 Å². The summed E-state index contributed by atoms with van der Waals surface area (Å²) < 4.78 is 27.4. The van der Waals surface area contributed by atoms with Crippen LogP contribution in [0.25, 0.3) is 0 Å². The molecule has 0 spiro atoms. The van der Waals surface area contributed by atoms with Crippen molar-refractivity contribution in [3.05, 3.63) is 0 Å². The molecule has 0 aliphatic carbocycles. The molecule has 282 valence electrons. The lowest BCUT2D eigenvalue weighted by Crippen LogP contribution is -2.12. The summed E-state index contributed by atoms with van der Waals surface area (Å²) in [6, 6.07) is 0. The van der Waals surface area contributed by atoms with Crippen LogP contribution in [-0.2, 0) is 62.0 Å². The first kappa shape index (κ1) is 49.2. The van der Waals surface area contributed by atoms with Gasteiger partial charge in [0.05, 0.1) is 40.3 Å². The number of rotatable bonds is 27. The average molecular weight is 705 g/mol. The van der Waals surface area contributed by atoms with E-state index in [9.17, 15) is 43.2 Å². The van der Waals surface area contributed by atoms with E-state index in [4.69, 9.17) is 0 Å². The molecule has 0 radical (unpaired) electrons. The molecule has 0 aromatic carbocycles. The van der Waals surface area contributed by atoms with Gasteiger partial charge in [-0.1, -0.05) is 7.43 Å². The summed E-state index contributed by atoms with van der Waals surface area (Å²) in [5.74, 6) is -1.06. The van der Waals surface area contributed by atoms with Crippen molar-refractivity contribution in [3.63, 3.8) is 0 Å². The number of unbranched alkanes of at least 4 members (excludes halogenated alkanes) is 2. The first-order valence-electron chi connectivity index (χ1n) is 16.2. The summed E-state index contributed by atoms with van der Waals surface area (Å²) in [7, 11) is 2.56. The Morgan fingerprint density at radius 1 is 0.367 bits per heavy atom. The minimum atomic E-state index is -0.808. The van der Waals surface area contributed by atoms with Crippen molar-refractivity contribution in [1.29, 1.82) is 0 Å². The van der Waals surface area contributed by atoms with E-state index in [0.717, 1.165) is 0 Å². The quantitative estimate of drug-likeness (QED) is 0.0596. The van der Waals surface area contributed by atoms with Crippen LogP contribution in [0, 0.1) is 0 Å². The molecule has 15 heteroatoms. The molecular formula is C34H56O15. The van der Waals surface area contributed by atoms with Crippen LogP contribution in [-0.4, -0.2) is 93.8 Å². The van der Waals surface area contributed by atoms with Gasteiger partial charge in [0, 0.05) is 64.2 Å². The molecule has 0 aliphatic rings. The number of ether oxygens (including phenoxy) is 6. The first-order chi connectivity index (χ1) is 22.9. The Morgan fingerprint density at radius 3 is 0.918 bits per heavy atom. The molecule has 0 rings (SSSR count). The molecule has 0 unspecified atom stereocenters. The number of carbonyl (C=O) groups is 9. The third kappa shape index (κ3) is 35.0. The van der Waals surface area contributed by atoms with Crippen LogP contribution in [0.2, 0.25) is 0 Å². The maximum Gasteiger partial charge on any atom is 0.508 e. The molecule has 0 fully saturated rings. The van der Waals surface area contributed by atoms with Crippen LogP contribution in [0.4, 0.5) is 9.59 Å². The predicted molar refractivity (Wildman–Crippen MR) is 176 cm³/mol. The Hall–Kier alpha value is -4.17. The smallest absolute Gasteiger partial charge is 0.469 e. The predicted octanol–water partition coefficient (Wildman–Crippen LogP) is 5.39. The fraction of sp³-hybridized carbons (Fsp3) is 0.735. The first-order valence-corrected chi connectivity index (χ1v) is 16.2. The normalized spacial score (nSPS) is 9.80. The molecule has 0 saturated heterocycles. The number of esters is 2. The molecule has 0 bridgehead atoms. The zero-order chi connectivity index (χ0) is 36.6. The highest BCUT2D eigenvalue weighted by molar-refractivity contribution is 5.86. The van der Waals surface area contributed by atoms with E-state index < -0.39 is 24.2 Å². The van der Waals surface area contributed by atoms with E-state index in [1.165, 1.54) is 14.2 Å². The standard InChI is InChI=1S/C18H28O8.C15H24O7.CH4/c1-3-25-18(23)26-13-12-16(21)9-8-14(19)6-4-5-7-15(20)10-11-17(22)24-2;1-3-21-15(19)22-11-10-13(17)7-5-4-6-12(16)8-9-14(18)20-2;/h3-13H2,1-2H3;3-11H2,1-2H3;1H4. The Morgan fingerprint density at radius 2 is 0.633 bits per heavy atom. The van der Waals surface area contributed by atoms with E-state index >= 15 is 0 Å². The monoisotopic (exact) mass is 704 g/mol. The van der Waals surface area contributed by atoms with Gasteiger partial charge in [-0.05, 0) is 39.5 Å².